The normalized spacial score (nSPS) is 15.9. The number of aromatic nitrogens is 3. The zero-order valence-corrected chi connectivity index (χ0v) is 16.0. The number of nitrogens with zero attached hydrogens (tertiary/aromatic N) is 4. The molecule has 1 aliphatic rings. The number of anilines is 3. The molecule has 3 heterocycles. The molecule has 0 aliphatic carbocycles. The molecule has 1 aromatic carbocycles. The molecular formula is C20H20N6O4. The van der Waals surface area contributed by atoms with Crippen molar-refractivity contribution >= 4 is 29.5 Å². The third-order valence-electron chi connectivity index (χ3n) is 4.55. The SMILES string of the molecule is Nc1nc(COC(=O)[C@@H]2CC(=O)N(Cc3ccco3)C2)nc(Nc2ccccc2)n1. The first-order valence-corrected chi connectivity index (χ1v) is 9.36. The Kier molecular flexibility index (Phi) is 5.55. The summed E-state index contributed by atoms with van der Waals surface area (Å²) in [6.45, 7) is 0.435. The van der Waals surface area contributed by atoms with Crippen molar-refractivity contribution in [3.63, 3.8) is 0 Å². The molecule has 0 saturated carbocycles. The highest BCUT2D eigenvalue weighted by Gasteiger charge is 2.35. The van der Waals surface area contributed by atoms with Gasteiger partial charge in [0.25, 0.3) is 0 Å². The van der Waals surface area contributed by atoms with Gasteiger partial charge in [-0.1, -0.05) is 18.2 Å². The summed E-state index contributed by atoms with van der Waals surface area (Å²) >= 11 is 0. The molecule has 1 fully saturated rings. The van der Waals surface area contributed by atoms with Gasteiger partial charge in [0, 0.05) is 18.7 Å². The van der Waals surface area contributed by atoms with E-state index in [1.807, 2.05) is 30.3 Å². The van der Waals surface area contributed by atoms with E-state index in [9.17, 15) is 9.59 Å². The summed E-state index contributed by atoms with van der Waals surface area (Å²) in [6.07, 6.45) is 1.64. The number of carbonyl (C=O) groups excluding carboxylic acids is 2. The third kappa shape index (κ3) is 4.72. The van der Waals surface area contributed by atoms with Crippen molar-refractivity contribution in [1.82, 2.24) is 19.9 Å². The number of likely N-dealkylation sites (tertiary alicyclic amines) is 1. The Hall–Kier alpha value is -3.95. The third-order valence-corrected chi connectivity index (χ3v) is 4.55. The Morgan fingerprint density at radius 3 is 2.80 bits per heavy atom. The second-order valence-corrected chi connectivity index (χ2v) is 6.79. The molecule has 4 rings (SSSR count). The summed E-state index contributed by atoms with van der Waals surface area (Å²) in [5.41, 5.74) is 6.52. The first-order chi connectivity index (χ1) is 14.6. The molecule has 0 spiro atoms. The van der Waals surface area contributed by atoms with E-state index in [0.717, 1.165) is 5.69 Å². The number of benzene rings is 1. The van der Waals surface area contributed by atoms with Crippen LogP contribution in [0, 0.1) is 5.92 Å². The Morgan fingerprint density at radius 1 is 1.20 bits per heavy atom. The van der Waals surface area contributed by atoms with E-state index >= 15 is 0 Å². The number of nitrogens with two attached hydrogens (primary N) is 1. The van der Waals surface area contributed by atoms with E-state index < -0.39 is 11.9 Å². The minimum Gasteiger partial charge on any atom is -0.467 e. The van der Waals surface area contributed by atoms with Crippen molar-refractivity contribution in [3.8, 4) is 0 Å². The average Bonchev–Trinajstić information content (AvgIpc) is 3.37. The molecule has 10 nitrogen and oxygen atoms in total. The molecule has 3 N–H and O–H groups in total. The van der Waals surface area contributed by atoms with Gasteiger partial charge in [-0.3, -0.25) is 9.59 Å². The van der Waals surface area contributed by atoms with Crippen LogP contribution in [0.2, 0.25) is 0 Å². The number of ether oxygens (including phenoxy) is 1. The number of furan rings is 1. The molecule has 3 aromatic rings. The fourth-order valence-electron chi connectivity index (χ4n) is 3.14. The van der Waals surface area contributed by atoms with Crippen LogP contribution in [0.1, 0.15) is 18.0 Å². The predicted octanol–water partition coefficient (Wildman–Crippen LogP) is 1.88. The van der Waals surface area contributed by atoms with Gasteiger partial charge in [0.15, 0.2) is 12.4 Å². The monoisotopic (exact) mass is 408 g/mol. The summed E-state index contributed by atoms with van der Waals surface area (Å²) in [6, 6.07) is 12.9. The molecule has 10 heteroatoms. The van der Waals surface area contributed by atoms with Crippen molar-refractivity contribution in [3.05, 3.63) is 60.3 Å². The van der Waals surface area contributed by atoms with Crippen molar-refractivity contribution in [2.75, 3.05) is 17.6 Å². The summed E-state index contributed by atoms with van der Waals surface area (Å²) < 4.78 is 10.6. The van der Waals surface area contributed by atoms with Gasteiger partial charge in [-0.2, -0.15) is 15.0 Å². The van der Waals surface area contributed by atoms with Gasteiger partial charge in [-0.15, -0.1) is 0 Å². The number of nitrogens with one attached hydrogen (secondary N) is 1. The van der Waals surface area contributed by atoms with Gasteiger partial charge in [0.2, 0.25) is 17.8 Å². The molecule has 0 unspecified atom stereocenters. The lowest BCUT2D eigenvalue weighted by Crippen LogP contribution is -2.26. The standard InChI is InChI=1S/C20H20N6O4/c21-19-23-16(24-20(25-19)22-14-5-2-1-3-6-14)12-30-18(28)13-9-17(27)26(10-13)11-15-7-4-8-29-15/h1-8,13H,9-12H2,(H3,21,22,23,24,25)/t13-/m1/s1. The van der Waals surface area contributed by atoms with Crippen LogP contribution in [0.4, 0.5) is 17.6 Å². The molecule has 0 bridgehead atoms. The molecule has 30 heavy (non-hydrogen) atoms. The first kappa shape index (κ1) is 19.4. The molecule has 154 valence electrons. The average molecular weight is 408 g/mol. The van der Waals surface area contributed by atoms with Gasteiger partial charge in [-0.05, 0) is 24.3 Å². The highest BCUT2D eigenvalue weighted by molar-refractivity contribution is 5.86. The molecule has 1 atom stereocenters. The lowest BCUT2D eigenvalue weighted by molar-refractivity contribution is -0.150. The highest BCUT2D eigenvalue weighted by atomic mass is 16.5. The van der Waals surface area contributed by atoms with E-state index in [4.69, 9.17) is 14.9 Å². The summed E-state index contributed by atoms with van der Waals surface area (Å²) in [4.78, 5) is 38.4. The van der Waals surface area contributed by atoms with Crippen LogP contribution in [0.5, 0.6) is 0 Å². The number of esters is 1. The van der Waals surface area contributed by atoms with E-state index in [1.54, 1.807) is 23.3 Å². The Morgan fingerprint density at radius 2 is 2.03 bits per heavy atom. The van der Waals surface area contributed by atoms with Gasteiger partial charge < -0.3 is 25.1 Å². The summed E-state index contributed by atoms with van der Waals surface area (Å²) in [7, 11) is 0. The first-order valence-electron chi connectivity index (χ1n) is 9.36. The van der Waals surface area contributed by atoms with Gasteiger partial charge >= 0.3 is 5.97 Å². The van der Waals surface area contributed by atoms with Crippen LogP contribution in [-0.2, 0) is 27.5 Å². The zero-order chi connectivity index (χ0) is 20.9. The van der Waals surface area contributed by atoms with Gasteiger partial charge in [0.1, 0.15) is 5.76 Å². The summed E-state index contributed by atoms with van der Waals surface area (Å²) in [5, 5.41) is 3.02. The van der Waals surface area contributed by atoms with Crippen LogP contribution < -0.4 is 11.1 Å². The minimum atomic E-state index is -0.548. The maximum Gasteiger partial charge on any atom is 0.311 e. The van der Waals surface area contributed by atoms with Gasteiger partial charge in [0.05, 0.1) is 18.7 Å². The fourth-order valence-corrected chi connectivity index (χ4v) is 3.14. The molecule has 1 saturated heterocycles. The smallest absolute Gasteiger partial charge is 0.311 e. The Labute approximate surface area is 172 Å². The van der Waals surface area contributed by atoms with Crippen molar-refractivity contribution in [2.24, 2.45) is 5.92 Å². The van der Waals surface area contributed by atoms with Gasteiger partial charge in [-0.25, -0.2) is 0 Å². The number of hydrogen-bond acceptors (Lipinski definition) is 9. The molecular weight excluding hydrogens is 388 g/mol. The maximum absolute atomic E-state index is 12.4. The van der Waals surface area contributed by atoms with E-state index in [0.29, 0.717) is 12.3 Å². The molecule has 2 aromatic heterocycles. The minimum absolute atomic E-state index is 0.00940. The van der Waals surface area contributed by atoms with Crippen molar-refractivity contribution in [1.29, 1.82) is 0 Å². The molecule has 1 aliphatic heterocycles. The highest BCUT2D eigenvalue weighted by Crippen LogP contribution is 2.22. The van der Waals surface area contributed by atoms with Crippen molar-refractivity contribution < 1.29 is 18.7 Å². The van der Waals surface area contributed by atoms with E-state index in [2.05, 4.69) is 20.3 Å². The largest absolute Gasteiger partial charge is 0.467 e. The maximum atomic E-state index is 12.4. The number of para-hydroxylation sites is 1. The summed E-state index contributed by atoms with van der Waals surface area (Å²) in [5.74, 6) is -0.0133. The number of rotatable bonds is 7. The topological polar surface area (TPSA) is 136 Å². The van der Waals surface area contributed by atoms with Crippen LogP contribution in [0.3, 0.4) is 0 Å². The molecule has 1 amide bonds. The van der Waals surface area contributed by atoms with Crippen LogP contribution in [0.15, 0.2) is 53.1 Å². The second-order valence-electron chi connectivity index (χ2n) is 6.79. The number of carbonyl (C=O) groups is 2. The lowest BCUT2D eigenvalue weighted by atomic mass is 10.1. The zero-order valence-electron chi connectivity index (χ0n) is 16.0. The number of hydrogen-bond donors (Lipinski definition) is 2. The number of nitrogen functional groups attached to an aromatic ring is 1. The quantitative estimate of drug-likeness (QED) is 0.561. The van der Waals surface area contributed by atoms with E-state index in [-0.39, 0.29) is 43.2 Å². The van der Waals surface area contributed by atoms with Crippen LogP contribution in [0.25, 0.3) is 0 Å². The lowest BCUT2D eigenvalue weighted by Gasteiger charge is -2.14. The number of amides is 1. The molecule has 0 radical (unpaired) electrons. The predicted molar refractivity (Wildman–Crippen MR) is 106 cm³/mol. The van der Waals surface area contributed by atoms with E-state index in [1.165, 1.54) is 0 Å². The fraction of sp³-hybridized carbons (Fsp3) is 0.250. The second kappa shape index (κ2) is 8.60. The Bertz CT molecular complexity index is 1030. The van der Waals surface area contributed by atoms with Crippen LogP contribution >= 0.6 is 0 Å². The van der Waals surface area contributed by atoms with Crippen molar-refractivity contribution in [2.45, 2.75) is 19.6 Å². The Balaban J connectivity index is 1.34. The van der Waals surface area contributed by atoms with Crippen LogP contribution in [-0.4, -0.2) is 38.3 Å².